The molecule has 0 aliphatic heterocycles. The Morgan fingerprint density at radius 2 is 2.00 bits per heavy atom. The van der Waals surface area contributed by atoms with Gasteiger partial charge < -0.3 is 0 Å². The van der Waals surface area contributed by atoms with Crippen LogP contribution in [-0.2, 0) is 4.57 Å². The number of benzene rings is 1. The second kappa shape index (κ2) is 7.31. The quantitative estimate of drug-likeness (QED) is 0.435. The molecule has 2 nitrogen and oxygen atoms in total. The van der Waals surface area contributed by atoms with Gasteiger partial charge in [0.15, 0.2) is 0 Å². The first-order valence-corrected chi connectivity index (χ1v) is 10.7. The predicted octanol–water partition coefficient (Wildman–Crippen LogP) is 2.85. The number of hydrogen-bond donors (Lipinski definition) is 0. The Kier molecular flexibility index (Phi) is 6.38. The van der Waals surface area contributed by atoms with Crippen molar-refractivity contribution in [3.8, 4) is 0 Å². The fourth-order valence-corrected chi connectivity index (χ4v) is 5.61. The summed E-state index contributed by atoms with van der Waals surface area (Å²) in [7, 11) is -2.20. The zero-order valence-electron chi connectivity index (χ0n) is 11.4. The van der Waals surface area contributed by atoms with E-state index in [-0.39, 0.29) is 0 Å². The molecule has 0 N–H and O–H groups in total. The molecule has 1 aromatic rings. The van der Waals surface area contributed by atoms with Crippen LogP contribution in [0.5, 0.6) is 0 Å². The van der Waals surface area contributed by atoms with Crippen LogP contribution in [0.4, 0.5) is 0 Å². The van der Waals surface area contributed by atoms with E-state index in [4.69, 9.17) is 0 Å². The van der Waals surface area contributed by atoms with Gasteiger partial charge in [0.25, 0.3) is 0 Å². The van der Waals surface area contributed by atoms with Gasteiger partial charge in [-0.1, -0.05) is 0 Å². The van der Waals surface area contributed by atoms with Crippen LogP contribution in [0.3, 0.4) is 0 Å². The van der Waals surface area contributed by atoms with Crippen LogP contribution >= 0.6 is 7.29 Å². The first-order chi connectivity index (χ1) is 8.45. The molecule has 1 atom stereocenters. The van der Waals surface area contributed by atoms with Gasteiger partial charge in [-0.15, -0.1) is 0 Å². The maximum atomic E-state index is 12.2. The van der Waals surface area contributed by atoms with Crippen molar-refractivity contribution >= 4 is 26.7 Å². The van der Waals surface area contributed by atoms with E-state index in [2.05, 4.69) is 42.4 Å². The third kappa shape index (κ3) is 5.12. The second-order valence-electron chi connectivity index (χ2n) is 4.68. The van der Waals surface area contributed by atoms with Crippen LogP contribution in [0, 0.1) is 0 Å². The fourth-order valence-electron chi connectivity index (χ4n) is 1.80. The molecule has 0 heterocycles. The van der Waals surface area contributed by atoms with Gasteiger partial charge in [0.2, 0.25) is 0 Å². The molecule has 4 heteroatoms. The molecular formula is C14H22NOPSe. The average molecular weight is 330 g/mol. The van der Waals surface area contributed by atoms with Gasteiger partial charge in [-0.25, -0.2) is 0 Å². The molecule has 0 spiro atoms. The molecule has 0 aliphatic rings. The topological polar surface area (TPSA) is 20.3 Å². The van der Waals surface area contributed by atoms with E-state index in [1.165, 1.54) is 4.46 Å². The molecule has 0 aromatic heterocycles. The number of rotatable bonds is 7. The van der Waals surface area contributed by atoms with Crippen molar-refractivity contribution in [2.24, 2.45) is 0 Å². The standard InChI is InChI=1S/C14H22NOPSe/c1-5-11-15(17(3,4)16)13(2)12-18-14-9-7-6-8-10-14/h5-10,13H,1,11-12H2,2-4H3. The molecular weight excluding hydrogens is 308 g/mol. The average Bonchev–Trinajstić information content (AvgIpc) is 2.33. The van der Waals surface area contributed by atoms with Crippen molar-refractivity contribution in [3.05, 3.63) is 43.0 Å². The minimum absolute atomic E-state index is 0.337. The van der Waals surface area contributed by atoms with E-state index in [0.717, 1.165) is 5.32 Å². The Morgan fingerprint density at radius 1 is 1.39 bits per heavy atom. The van der Waals surface area contributed by atoms with Crippen molar-refractivity contribution in [2.45, 2.75) is 18.3 Å². The van der Waals surface area contributed by atoms with Crippen LogP contribution < -0.4 is 4.46 Å². The molecule has 1 rings (SSSR count). The van der Waals surface area contributed by atoms with Gasteiger partial charge in [0.1, 0.15) is 0 Å². The first-order valence-electron chi connectivity index (χ1n) is 6.06. The molecule has 0 aliphatic carbocycles. The summed E-state index contributed by atoms with van der Waals surface area (Å²) in [6.45, 7) is 10.3. The van der Waals surface area contributed by atoms with Crippen molar-refractivity contribution in [1.29, 1.82) is 0 Å². The number of nitrogens with zero attached hydrogens (tertiary/aromatic N) is 1. The number of hydrogen-bond acceptors (Lipinski definition) is 1. The summed E-state index contributed by atoms with van der Waals surface area (Å²) >= 11 is 0.440. The van der Waals surface area contributed by atoms with Crippen molar-refractivity contribution in [2.75, 3.05) is 19.9 Å². The Hall–Kier alpha value is -0.331. The van der Waals surface area contributed by atoms with Crippen LogP contribution in [0.25, 0.3) is 0 Å². The Labute approximate surface area is 117 Å². The van der Waals surface area contributed by atoms with Crippen LogP contribution in [0.1, 0.15) is 6.92 Å². The van der Waals surface area contributed by atoms with E-state index in [9.17, 15) is 4.57 Å². The zero-order chi connectivity index (χ0) is 13.6. The molecule has 0 saturated carbocycles. The molecule has 0 saturated heterocycles. The van der Waals surface area contributed by atoms with E-state index < -0.39 is 7.29 Å². The minimum atomic E-state index is -2.20. The predicted molar refractivity (Wildman–Crippen MR) is 82.5 cm³/mol. The Balaban J connectivity index is 2.60. The van der Waals surface area contributed by atoms with Crippen LogP contribution in [-0.4, -0.2) is 45.5 Å². The van der Waals surface area contributed by atoms with Gasteiger partial charge in [-0.2, -0.15) is 0 Å². The third-order valence-electron chi connectivity index (χ3n) is 2.68. The Morgan fingerprint density at radius 3 is 2.50 bits per heavy atom. The fraction of sp³-hybridized carbons (Fsp3) is 0.429. The van der Waals surface area contributed by atoms with Gasteiger partial charge in [0.05, 0.1) is 0 Å². The van der Waals surface area contributed by atoms with E-state index in [0.29, 0.717) is 27.5 Å². The molecule has 100 valence electrons. The summed E-state index contributed by atoms with van der Waals surface area (Å²) < 4.78 is 15.7. The van der Waals surface area contributed by atoms with Crippen LogP contribution in [0.2, 0.25) is 5.32 Å². The molecule has 18 heavy (non-hydrogen) atoms. The SMILES string of the molecule is C=CCN(C(C)C[Se]c1ccccc1)P(C)(C)=O. The molecule has 0 fully saturated rings. The first kappa shape index (κ1) is 15.7. The van der Waals surface area contributed by atoms with Crippen molar-refractivity contribution in [1.82, 2.24) is 4.67 Å². The second-order valence-corrected chi connectivity index (χ2v) is 10.1. The van der Waals surface area contributed by atoms with Crippen molar-refractivity contribution in [3.63, 3.8) is 0 Å². The Bertz CT molecular complexity index is 415. The summed E-state index contributed by atoms with van der Waals surface area (Å²) in [5.41, 5.74) is 0. The van der Waals surface area contributed by atoms with E-state index >= 15 is 0 Å². The summed E-state index contributed by atoms with van der Waals surface area (Å²) in [6.07, 6.45) is 1.84. The third-order valence-corrected chi connectivity index (χ3v) is 7.11. The summed E-state index contributed by atoms with van der Waals surface area (Å²) in [4.78, 5) is 0. The van der Waals surface area contributed by atoms with Gasteiger partial charge in [0, 0.05) is 0 Å². The van der Waals surface area contributed by atoms with E-state index in [1.807, 2.05) is 25.5 Å². The summed E-state index contributed by atoms with van der Waals surface area (Å²) in [6, 6.07) is 10.9. The summed E-state index contributed by atoms with van der Waals surface area (Å²) in [5.74, 6) is 0. The van der Waals surface area contributed by atoms with E-state index in [1.54, 1.807) is 0 Å². The van der Waals surface area contributed by atoms with Crippen LogP contribution in [0.15, 0.2) is 43.0 Å². The normalized spacial score (nSPS) is 13.6. The molecule has 1 unspecified atom stereocenters. The maximum absolute atomic E-state index is 12.2. The summed E-state index contributed by atoms with van der Waals surface area (Å²) in [5, 5.41) is 1.08. The molecule has 0 radical (unpaired) electrons. The monoisotopic (exact) mass is 331 g/mol. The zero-order valence-corrected chi connectivity index (χ0v) is 14.0. The molecule has 0 bridgehead atoms. The van der Waals surface area contributed by atoms with Gasteiger partial charge in [-0.3, -0.25) is 0 Å². The van der Waals surface area contributed by atoms with Crippen molar-refractivity contribution < 1.29 is 4.57 Å². The molecule has 1 aromatic carbocycles. The molecule has 0 amide bonds. The van der Waals surface area contributed by atoms with Gasteiger partial charge >= 0.3 is 117 Å². The van der Waals surface area contributed by atoms with Gasteiger partial charge in [-0.05, 0) is 0 Å².